The van der Waals surface area contributed by atoms with Gasteiger partial charge in [0, 0.05) is 23.4 Å². The molecule has 0 amide bonds. The second-order valence-electron chi connectivity index (χ2n) is 7.71. The molecule has 0 aliphatic carbocycles. The van der Waals surface area contributed by atoms with Gasteiger partial charge in [-0.05, 0) is 46.3 Å². The number of benzene rings is 2. The average Bonchev–Trinajstić information content (AvgIpc) is 3.35. The Bertz CT molecular complexity index is 1360. The summed E-state index contributed by atoms with van der Waals surface area (Å²) < 4.78 is 98.2. The van der Waals surface area contributed by atoms with E-state index in [0.717, 1.165) is 65.7 Å². The minimum absolute atomic E-state index is 0.103. The normalized spacial score (nSPS) is 13.0. The molecule has 0 aliphatic heterocycles. The third kappa shape index (κ3) is 5.09. The summed E-state index contributed by atoms with van der Waals surface area (Å²) >= 11 is 0. The van der Waals surface area contributed by atoms with Gasteiger partial charge in [0.05, 0.1) is 18.0 Å². The van der Waals surface area contributed by atoms with Gasteiger partial charge in [0.25, 0.3) is 5.92 Å². The van der Waals surface area contributed by atoms with Crippen LogP contribution in [0.4, 0.5) is 30.7 Å². The van der Waals surface area contributed by atoms with Gasteiger partial charge in [0.15, 0.2) is 5.78 Å². The molecule has 13 heteroatoms. The molecule has 0 aliphatic rings. The van der Waals surface area contributed by atoms with Crippen molar-refractivity contribution in [3.8, 4) is 0 Å². The van der Waals surface area contributed by atoms with Crippen molar-refractivity contribution in [2.45, 2.75) is 24.6 Å². The number of alkyl halides is 5. The predicted octanol–water partition coefficient (Wildman–Crippen LogP) is 5.17. The van der Waals surface area contributed by atoms with Gasteiger partial charge in [-0.1, -0.05) is 18.2 Å². The molecule has 4 aromatic rings. The summed E-state index contributed by atoms with van der Waals surface area (Å²) in [6.07, 6.45) is -2.69. The van der Waals surface area contributed by atoms with Crippen LogP contribution >= 0.6 is 0 Å². The Kier molecular flexibility index (Phi) is 6.57. The molecule has 0 saturated heterocycles. The van der Waals surface area contributed by atoms with E-state index >= 15 is 8.78 Å². The van der Waals surface area contributed by atoms with E-state index in [1.165, 1.54) is 0 Å². The molecule has 6 nitrogen and oxygen atoms in total. The molecule has 0 fully saturated rings. The summed E-state index contributed by atoms with van der Waals surface area (Å²) in [5.74, 6) is -8.64. The second-order valence-corrected chi connectivity index (χ2v) is 7.71. The Morgan fingerprint density at radius 2 is 1.61 bits per heavy atom. The first kappa shape index (κ1) is 24.9. The zero-order chi connectivity index (χ0) is 26.1. The Morgan fingerprint density at radius 3 is 2.17 bits per heavy atom. The predicted molar refractivity (Wildman–Crippen MR) is 110 cm³/mol. The van der Waals surface area contributed by atoms with Gasteiger partial charge in [-0.3, -0.25) is 9.78 Å². The maximum atomic E-state index is 15.6. The lowest BCUT2D eigenvalue weighted by Gasteiger charge is -2.27. The number of tetrazole rings is 1. The van der Waals surface area contributed by atoms with Crippen LogP contribution in [-0.2, 0) is 18.6 Å². The number of pyridine rings is 1. The van der Waals surface area contributed by atoms with Crippen LogP contribution in [0.25, 0.3) is 0 Å². The van der Waals surface area contributed by atoms with Crippen molar-refractivity contribution in [2.75, 3.05) is 0 Å². The van der Waals surface area contributed by atoms with E-state index in [0.29, 0.717) is 6.07 Å². The molecule has 4 rings (SSSR count). The number of carbonyl (C=O) groups excluding carboxylic acids is 1. The Labute approximate surface area is 198 Å². The van der Waals surface area contributed by atoms with Gasteiger partial charge in [0.1, 0.15) is 23.7 Å². The van der Waals surface area contributed by atoms with E-state index in [1.54, 1.807) is 0 Å². The highest BCUT2D eigenvalue weighted by Gasteiger charge is 2.45. The molecule has 0 saturated carbocycles. The van der Waals surface area contributed by atoms with Gasteiger partial charge in [-0.15, -0.1) is 5.10 Å². The van der Waals surface area contributed by atoms with Crippen LogP contribution < -0.4 is 0 Å². The molecule has 1 atom stereocenters. The molecule has 0 spiro atoms. The van der Waals surface area contributed by atoms with Gasteiger partial charge in [0.2, 0.25) is 0 Å². The molecule has 186 valence electrons. The van der Waals surface area contributed by atoms with E-state index in [-0.39, 0.29) is 11.1 Å². The van der Waals surface area contributed by atoms with E-state index in [2.05, 4.69) is 20.5 Å². The third-order valence-electron chi connectivity index (χ3n) is 5.38. The van der Waals surface area contributed by atoms with Crippen LogP contribution in [0.15, 0.2) is 67.1 Å². The first-order valence-electron chi connectivity index (χ1n) is 10.2. The summed E-state index contributed by atoms with van der Waals surface area (Å²) in [5, 5.41) is 10.2. The Hall–Kier alpha value is -4.16. The van der Waals surface area contributed by atoms with Crippen LogP contribution in [-0.4, -0.2) is 31.0 Å². The molecule has 2 heterocycles. The lowest BCUT2D eigenvalue weighted by molar-refractivity contribution is -0.137. The monoisotopic (exact) mass is 509 g/mol. The third-order valence-corrected chi connectivity index (χ3v) is 5.38. The van der Waals surface area contributed by atoms with Gasteiger partial charge in [-0.25, -0.2) is 13.5 Å². The van der Waals surface area contributed by atoms with Crippen molar-refractivity contribution in [1.82, 2.24) is 25.2 Å². The summed E-state index contributed by atoms with van der Waals surface area (Å²) in [6, 6.07) is 7.46. The van der Waals surface area contributed by atoms with Crippen molar-refractivity contribution in [2.24, 2.45) is 0 Å². The van der Waals surface area contributed by atoms with Crippen LogP contribution in [0, 0.1) is 11.6 Å². The topological polar surface area (TPSA) is 73.6 Å². The minimum atomic E-state index is -4.58. The van der Waals surface area contributed by atoms with Crippen LogP contribution in [0.2, 0.25) is 0 Å². The zero-order valence-electron chi connectivity index (χ0n) is 17.9. The van der Waals surface area contributed by atoms with Crippen molar-refractivity contribution in [3.05, 3.63) is 107 Å². The molecule has 0 bridgehead atoms. The van der Waals surface area contributed by atoms with Crippen molar-refractivity contribution in [1.29, 1.82) is 0 Å². The molecule has 0 N–H and O–H groups in total. The number of hydrogen-bond donors (Lipinski definition) is 0. The fourth-order valence-corrected chi connectivity index (χ4v) is 3.52. The highest BCUT2D eigenvalue weighted by Crippen LogP contribution is 2.43. The summed E-state index contributed by atoms with van der Waals surface area (Å²) in [5.41, 5.74) is -2.54. The van der Waals surface area contributed by atoms with Crippen LogP contribution in [0.5, 0.6) is 0 Å². The van der Waals surface area contributed by atoms with Gasteiger partial charge >= 0.3 is 6.18 Å². The molecular formula is C23H14F7N5O. The average molecular weight is 509 g/mol. The minimum Gasteiger partial charge on any atom is -0.289 e. The Balaban J connectivity index is 1.64. The second kappa shape index (κ2) is 9.47. The van der Waals surface area contributed by atoms with E-state index < -0.39 is 58.8 Å². The number of rotatable bonds is 7. The maximum Gasteiger partial charge on any atom is 0.416 e. The maximum absolute atomic E-state index is 15.6. The molecule has 36 heavy (non-hydrogen) atoms. The lowest BCUT2D eigenvalue weighted by Crippen LogP contribution is -2.30. The SMILES string of the molecule is O=C(c1ccc(C(F)(F)F)cc1)c1ccc(C(F)(F)C(Cn2cnnn2)c2ccc(F)cc2F)nc1. The number of halogens is 7. The lowest BCUT2D eigenvalue weighted by atomic mass is 9.89. The van der Waals surface area contributed by atoms with E-state index in [4.69, 9.17) is 0 Å². The fraction of sp³-hybridized carbons (Fsp3) is 0.174. The molecule has 2 aromatic carbocycles. The summed E-state index contributed by atoms with van der Waals surface area (Å²) in [6.45, 7) is -0.587. The molecule has 1 unspecified atom stereocenters. The van der Waals surface area contributed by atoms with Crippen molar-refractivity contribution >= 4 is 5.78 Å². The van der Waals surface area contributed by atoms with Crippen molar-refractivity contribution < 1.29 is 35.5 Å². The smallest absolute Gasteiger partial charge is 0.289 e. The van der Waals surface area contributed by atoms with E-state index in [1.807, 2.05) is 0 Å². The number of hydrogen-bond acceptors (Lipinski definition) is 5. The highest BCUT2D eigenvalue weighted by atomic mass is 19.4. The molecule has 0 radical (unpaired) electrons. The first-order valence-corrected chi connectivity index (χ1v) is 10.2. The van der Waals surface area contributed by atoms with Crippen LogP contribution in [0.1, 0.15) is 38.7 Å². The number of nitrogens with zero attached hydrogens (tertiary/aromatic N) is 5. The summed E-state index contributed by atoms with van der Waals surface area (Å²) in [4.78, 5) is 16.3. The Morgan fingerprint density at radius 1 is 0.917 bits per heavy atom. The zero-order valence-corrected chi connectivity index (χ0v) is 17.9. The number of ketones is 1. The number of aromatic nitrogens is 5. The highest BCUT2D eigenvalue weighted by molar-refractivity contribution is 6.08. The van der Waals surface area contributed by atoms with Gasteiger partial charge < -0.3 is 0 Å². The van der Waals surface area contributed by atoms with E-state index in [9.17, 15) is 26.7 Å². The largest absolute Gasteiger partial charge is 0.416 e. The van der Waals surface area contributed by atoms with Gasteiger partial charge in [-0.2, -0.15) is 22.0 Å². The molecular weight excluding hydrogens is 495 g/mol. The summed E-state index contributed by atoms with van der Waals surface area (Å²) in [7, 11) is 0. The van der Waals surface area contributed by atoms with Crippen molar-refractivity contribution in [3.63, 3.8) is 0 Å². The standard InChI is InChI=1S/C23H14F7N5O/c24-16-6-7-17(19(25)9-16)18(11-35-12-32-33-34-35)22(26,27)20-8-3-14(10-31-20)21(36)13-1-4-15(5-2-13)23(28,29)30/h1-10,12,18H,11H2. The fourth-order valence-electron chi connectivity index (χ4n) is 3.52. The quantitative estimate of drug-likeness (QED) is 0.254. The first-order chi connectivity index (χ1) is 17.0. The molecule has 2 aromatic heterocycles. The number of carbonyl (C=O) groups is 1. The van der Waals surface area contributed by atoms with Crippen LogP contribution in [0.3, 0.4) is 0 Å².